The number of hydrogen-bond acceptors (Lipinski definition) is 5. The number of oxazole rings is 1. The predicted octanol–water partition coefficient (Wildman–Crippen LogP) is 1.61. The molecule has 20 heavy (non-hydrogen) atoms. The van der Waals surface area contributed by atoms with Crippen molar-refractivity contribution in [2.24, 2.45) is 0 Å². The molecule has 0 saturated carbocycles. The molecule has 1 aromatic heterocycles. The third-order valence-corrected chi connectivity index (χ3v) is 3.62. The van der Waals surface area contributed by atoms with Gasteiger partial charge in [0.25, 0.3) is 0 Å². The molecule has 5 heteroatoms. The van der Waals surface area contributed by atoms with Crippen LogP contribution in [0, 0.1) is 6.92 Å². The van der Waals surface area contributed by atoms with Gasteiger partial charge in [-0.15, -0.1) is 0 Å². The van der Waals surface area contributed by atoms with Gasteiger partial charge in [0.2, 0.25) is 0 Å². The van der Waals surface area contributed by atoms with Crippen LogP contribution in [0.4, 0.5) is 0 Å². The van der Waals surface area contributed by atoms with Crippen LogP contribution in [0.1, 0.15) is 22.7 Å². The summed E-state index contributed by atoms with van der Waals surface area (Å²) in [4.78, 5) is 18.8. The van der Waals surface area contributed by atoms with Crippen LogP contribution in [0.3, 0.4) is 0 Å². The van der Waals surface area contributed by atoms with Crippen molar-refractivity contribution in [1.29, 1.82) is 0 Å². The van der Waals surface area contributed by atoms with Crippen molar-refractivity contribution in [3.05, 3.63) is 29.7 Å². The molecule has 0 spiro atoms. The summed E-state index contributed by atoms with van der Waals surface area (Å²) in [6.07, 6.45) is 1.09. The summed E-state index contributed by atoms with van der Waals surface area (Å²) in [7, 11) is 0. The van der Waals surface area contributed by atoms with Crippen molar-refractivity contribution in [3.63, 3.8) is 0 Å². The number of Topliss-reactive ketones (excluding diaryl/α,β-unsaturated/α-hetero) is 1. The summed E-state index contributed by atoms with van der Waals surface area (Å²) in [6.45, 7) is 6.17. The van der Waals surface area contributed by atoms with Crippen molar-refractivity contribution < 1.29 is 9.21 Å². The molecule has 1 aromatic carbocycles. The van der Waals surface area contributed by atoms with Crippen molar-refractivity contribution >= 4 is 16.9 Å². The summed E-state index contributed by atoms with van der Waals surface area (Å²) < 4.78 is 5.48. The van der Waals surface area contributed by atoms with Gasteiger partial charge in [-0.1, -0.05) is 0 Å². The maximum atomic E-state index is 12.4. The zero-order chi connectivity index (χ0) is 13.9. The Kier molecular flexibility index (Phi) is 3.80. The lowest BCUT2D eigenvalue weighted by Gasteiger charge is -2.18. The van der Waals surface area contributed by atoms with Crippen LogP contribution in [0.25, 0.3) is 11.1 Å². The van der Waals surface area contributed by atoms with Crippen LogP contribution in [0.5, 0.6) is 0 Å². The van der Waals surface area contributed by atoms with Gasteiger partial charge in [-0.25, -0.2) is 4.98 Å². The molecule has 3 rings (SSSR count). The fraction of sp³-hybridized carbons (Fsp3) is 0.467. The van der Waals surface area contributed by atoms with Crippen LogP contribution < -0.4 is 5.32 Å². The number of fused-ring (bicyclic) bond motifs is 1. The highest BCUT2D eigenvalue weighted by Gasteiger charge is 2.15. The van der Waals surface area contributed by atoms with Crippen LogP contribution in [0.2, 0.25) is 0 Å². The molecule has 1 fully saturated rings. The molecular weight excluding hydrogens is 254 g/mol. The number of carbonyl (C=O) groups excluding carboxylic acids is 1. The lowest BCUT2D eigenvalue weighted by atomic mass is 10.1. The highest BCUT2D eigenvalue weighted by atomic mass is 16.3. The van der Waals surface area contributed by atoms with Crippen molar-refractivity contribution in [1.82, 2.24) is 15.2 Å². The van der Waals surface area contributed by atoms with Gasteiger partial charge in [0.1, 0.15) is 5.52 Å². The third-order valence-electron chi connectivity index (χ3n) is 3.62. The average Bonchev–Trinajstić information content (AvgIpc) is 2.62. The van der Waals surface area contributed by atoms with E-state index in [0.717, 1.165) is 38.1 Å². The molecule has 1 N–H and O–H groups in total. The zero-order valence-corrected chi connectivity index (χ0v) is 11.7. The fourth-order valence-electron chi connectivity index (χ4n) is 2.57. The Morgan fingerprint density at radius 2 is 2.30 bits per heavy atom. The van der Waals surface area contributed by atoms with Gasteiger partial charge < -0.3 is 9.73 Å². The molecule has 106 valence electrons. The van der Waals surface area contributed by atoms with Crippen LogP contribution in [0.15, 0.2) is 22.6 Å². The first-order valence-electron chi connectivity index (χ1n) is 7.06. The van der Waals surface area contributed by atoms with Gasteiger partial charge in [-0.05, 0) is 37.7 Å². The second kappa shape index (κ2) is 5.73. The summed E-state index contributed by atoms with van der Waals surface area (Å²) in [5, 5.41) is 3.34. The predicted molar refractivity (Wildman–Crippen MR) is 77.0 cm³/mol. The number of hydrogen-bond donors (Lipinski definition) is 1. The van der Waals surface area contributed by atoms with E-state index in [-0.39, 0.29) is 5.78 Å². The maximum absolute atomic E-state index is 12.4. The first-order chi connectivity index (χ1) is 9.72. The Hall–Kier alpha value is -1.72. The summed E-state index contributed by atoms with van der Waals surface area (Å²) in [5.74, 6) is 0.769. The lowest BCUT2D eigenvalue weighted by Crippen LogP contribution is -2.33. The van der Waals surface area contributed by atoms with Gasteiger partial charge in [0.05, 0.1) is 6.54 Å². The third kappa shape index (κ3) is 2.89. The molecule has 5 nitrogen and oxygen atoms in total. The van der Waals surface area contributed by atoms with Gasteiger partial charge in [0.15, 0.2) is 17.3 Å². The number of nitrogens with one attached hydrogen (secondary N) is 1. The summed E-state index contributed by atoms with van der Waals surface area (Å²) in [6, 6.07) is 5.49. The molecule has 2 aromatic rings. The second-order valence-electron chi connectivity index (χ2n) is 5.22. The monoisotopic (exact) mass is 273 g/mol. The van der Waals surface area contributed by atoms with Crippen LogP contribution >= 0.6 is 0 Å². The smallest absolute Gasteiger partial charge is 0.192 e. The number of benzene rings is 1. The normalized spacial score (nSPS) is 17.2. The quantitative estimate of drug-likeness (QED) is 0.861. The lowest BCUT2D eigenvalue weighted by molar-refractivity contribution is 0.0935. The summed E-state index contributed by atoms with van der Waals surface area (Å²) >= 11 is 0. The Morgan fingerprint density at radius 1 is 1.40 bits per heavy atom. The van der Waals surface area contributed by atoms with E-state index in [1.165, 1.54) is 0 Å². The Labute approximate surface area is 118 Å². The van der Waals surface area contributed by atoms with Crippen molar-refractivity contribution in [2.75, 3.05) is 32.7 Å². The first kappa shape index (κ1) is 13.3. The average molecular weight is 273 g/mol. The molecule has 1 aliphatic heterocycles. The van der Waals surface area contributed by atoms with E-state index in [1.54, 1.807) is 6.07 Å². The van der Waals surface area contributed by atoms with E-state index in [2.05, 4.69) is 15.2 Å². The molecule has 0 unspecified atom stereocenters. The number of nitrogens with zero attached hydrogens (tertiary/aromatic N) is 2. The number of aryl methyl sites for hydroxylation is 1. The minimum absolute atomic E-state index is 0.142. The largest absolute Gasteiger partial charge is 0.441 e. The van der Waals surface area contributed by atoms with Crippen molar-refractivity contribution in [3.8, 4) is 0 Å². The Balaban J connectivity index is 1.74. The molecule has 0 bridgehead atoms. The molecule has 0 radical (unpaired) electrons. The second-order valence-corrected chi connectivity index (χ2v) is 5.22. The van der Waals surface area contributed by atoms with Gasteiger partial charge in [0, 0.05) is 25.6 Å². The van der Waals surface area contributed by atoms with E-state index in [4.69, 9.17) is 4.42 Å². The molecular formula is C15H19N3O2. The van der Waals surface area contributed by atoms with E-state index in [1.807, 2.05) is 19.1 Å². The molecule has 2 heterocycles. The molecule has 0 aliphatic carbocycles. The topological polar surface area (TPSA) is 58.4 Å². The Bertz CT molecular complexity index is 613. The van der Waals surface area contributed by atoms with E-state index in [9.17, 15) is 4.79 Å². The first-order valence-corrected chi connectivity index (χ1v) is 7.06. The van der Waals surface area contributed by atoms with E-state index < -0.39 is 0 Å². The SMILES string of the molecule is Cc1nc2ccc(C(=O)CN3CCCNCC3)cc2o1. The number of ketones is 1. The van der Waals surface area contributed by atoms with E-state index in [0.29, 0.717) is 23.6 Å². The molecule has 0 amide bonds. The maximum Gasteiger partial charge on any atom is 0.192 e. The minimum Gasteiger partial charge on any atom is -0.441 e. The number of rotatable bonds is 3. The van der Waals surface area contributed by atoms with Crippen LogP contribution in [-0.2, 0) is 0 Å². The standard InChI is InChI=1S/C15H19N3O2/c1-11-17-13-4-3-12(9-15(13)20-11)14(19)10-18-7-2-5-16-6-8-18/h3-4,9,16H,2,5-8,10H2,1H3. The van der Waals surface area contributed by atoms with Crippen molar-refractivity contribution in [2.45, 2.75) is 13.3 Å². The molecule has 0 atom stereocenters. The number of aromatic nitrogens is 1. The van der Waals surface area contributed by atoms with Crippen LogP contribution in [-0.4, -0.2) is 48.4 Å². The van der Waals surface area contributed by atoms with Gasteiger partial charge in [-0.2, -0.15) is 0 Å². The highest BCUT2D eigenvalue weighted by Crippen LogP contribution is 2.17. The minimum atomic E-state index is 0.142. The molecule has 1 aliphatic rings. The van der Waals surface area contributed by atoms with Gasteiger partial charge >= 0.3 is 0 Å². The zero-order valence-electron chi connectivity index (χ0n) is 11.7. The van der Waals surface area contributed by atoms with Gasteiger partial charge in [-0.3, -0.25) is 9.69 Å². The summed E-state index contributed by atoms with van der Waals surface area (Å²) in [5.41, 5.74) is 2.19. The fourth-order valence-corrected chi connectivity index (χ4v) is 2.57. The Morgan fingerprint density at radius 3 is 3.20 bits per heavy atom. The molecule has 1 saturated heterocycles. The number of carbonyl (C=O) groups is 1. The van der Waals surface area contributed by atoms with E-state index >= 15 is 0 Å². The highest BCUT2D eigenvalue weighted by molar-refractivity contribution is 5.99.